The molecule has 0 unspecified atom stereocenters. The van der Waals surface area contributed by atoms with Gasteiger partial charge >= 0.3 is 0 Å². The minimum absolute atomic E-state index is 0.0461. The Labute approximate surface area is 135 Å². The van der Waals surface area contributed by atoms with Crippen molar-refractivity contribution in [1.29, 1.82) is 0 Å². The number of benzene rings is 1. The molecule has 2 heterocycles. The molecule has 2 N–H and O–H groups in total. The van der Waals surface area contributed by atoms with Crippen LogP contribution in [0, 0.1) is 0 Å². The average molecular weight is 348 g/mol. The zero-order chi connectivity index (χ0) is 16.6. The van der Waals surface area contributed by atoms with E-state index in [-0.39, 0.29) is 21.2 Å². The molecule has 0 radical (unpaired) electrons. The molecule has 118 valence electrons. The van der Waals surface area contributed by atoms with Crippen LogP contribution in [0.4, 0.5) is 5.69 Å². The van der Waals surface area contributed by atoms with E-state index in [2.05, 4.69) is 9.71 Å². The lowest BCUT2D eigenvalue weighted by Gasteiger charge is -2.07. The second kappa shape index (κ2) is 5.64. The van der Waals surface area contributed by atoms with Crippen LogP contribution in [0.2, 0.25) is 0 Å². The van der Waals surface area contributed by atoms with Crippen LogP contribution in [0.25, 0.3) is 10.8 Å². The van der Waals surface area contributed by atoms with E-state index >= 15 is 0 Å². The standard InChI is InChI=1S/C15H12N2O4S2/c1-9(18)13-4-5-14(22-13)23(20,21)17-11-3-2-10-6-7-16-15(19)12(10)8-11/h2-8,17H,1H3,(H,16,19). The number of ketones is 1. The Kier molecular flexibility index (Phi) is 3.78. The number of rotatable bonds is 4. The number of pyridine rings is 1. The monoisotopic (exact) mass is 348 g/mol. The SMILES string of the molecule is CC(=O)c1ccc(S(=O)(=O)Nc2ccc3cc[nH]c(=O)c3c2)s1. The van der Waals surface area contributed by atoms with Crippen LogP contribution < -0.4 is 10.3 Å². The average Bonchev–Trinajstić information content (AvgIpc) is 2.99. The van der Waals surface area contributed by atoms with Gasteiger partial charge in [-0.3, -0.25) is 14.3 Å². The van der Waals surface area contributed by atoms with Gasteiger partial charge in [0.1, 0.15) is 4.21 Å². The van der Waals surface area contributed by atoms with Crippen LogP contribution in [-0.4, -0.2) is 19.2 Å². The van der Waals surface area contributed by atoms with Gasteiger partial charge in [-0.2, -0.15) is 0 Å². The molecular weight excluding hydrogens is 336 g/mol. The number of fused-ring (bicyclic) bond motifs is 1. The molecule has 2 aromatic heterocycles. The Morgan fingerprint density at radius 2 is 1.96 bits per heavy atom. The fourth-order valence-corrected chi connectivity index (χ4v) is 4.36. The van der Waals surface area contributed by atoms with Crippen molar-refractivity contribution in [2.45, 2.75) is 11.1 Å². The van der Waals surface area contributed by atoms with Gasteiger partial charge in [-0.1, -0.05) is 6.07 Å². The third-order valence-electron chi connectivity index (χ3n) is 3.22. The smallest absolute Gasteiger partial charge is 0.271 e. The summed E-state index contributed by atoms with van der Waals surface area (Å²) in [4.78, 5) is 26.0. The molecule has 0 saturated heterocycles. The van der Waals surface area contributed by atoms with E-state index in [9.17, 15) is 18.0 Å². The van der Waals surface area contributed by atoms with Crippen molar-refractivity contribution < 1.29 is 13.2 Å². The number of anilines is 1. The first-order valence-corrected chi connectivity index (χ1v) is 8.92. The summed E-state index contributed by atoms with van der Waals surface area (Å²) >= 11 is 0.906. The van der Waals surface area contributed by atoms with E-state index in [1.807, 2.05) is 0 Å². The van der Waals surface area contributed by atoms with Crippen molar-refractivity contribution >= 4 is 43.6 Å². The zero-order valence-corrected chi connectivity index (χ0v) is 13.6. The lowest BCUT2D eigenvalue weighted by molar-refractivity contribution is 0.102. The maximum absolute atomic E-state index is 12.4. The first-order chi connectivity index (χ1) is 10.9. The number of nitrogens with one attached hydrogen (secondary N) is 2. The minimum atomic E-state index is -3.80. The van der Waals surface area contributed by atoms with Crippen LogP contribution in [0.15, 0.2) is 51.6 Å². The number of Topliss-reactive ketones (excluding diaryl/α,β-unsaturated/α-hetero) is 1. The number of hydrogen-bond acceptors (Lipinski definition) is 5. The first-order valence-electron chi connectivity index (χ1n) is 6.62. The number of H-pyrrole nitrogens is 1. The summed E-state index contributed by atoms with van der Waals surface area (Å²) in [5.41, 5.74) is -0.00878. The van der Waals surface area contributed by atoms with Crippen LogP contribution in [-0.2, 0) is 10.0 Å². The minimum Gasteiger partial charge on any atom is -0.329 e. The van der Waals surface area contributed by atoms with Gasteiger partial charge in [0.2, 0.25) is 0 Å². The summed E-state index contributed by atoms with van der Waals surface area (Å²) in [5, 5.41) is 1.11. The van der Waals surface area contributed by atoms with E-state index in [0.29, 0.717) is 15.6 Å². The molecule has 0 bridgehead atoms. The third kappa shape index (κ3) is 3.03. The van der Waals surface area contributed by atoms with Crippen molar-refractivity contribution in [3.05, 3.63) is 57.8 Å². The highest BCUT2D eigenvalue weighted by Gasteiger charge is 2.18. The van der Waals surface area contributed by atoms with Crippen LogP contribution in [0.5, 0.6) is 0 Å². The van der Waals surface area contributed by atoms with Gasteiger partial charge in [-0.15, -0.1) is 11.3 Å². The number of aromatic nitrogens is 1. The molecule has 1 aromatic carbocycles. The molecule has 0 spiro atoms. The van der Waals surface area contributed by atoms with Gasteiger partial charge in [-0.05, 0) is 42.6 Å². The van der Waals surface area contributed by atoms with Gasteiger partial charge in [0.25, 0.3) is 15.6 Å². The second-order valence-corrected chi connectivity index (χ2v) is 7.88. The quantitative estimate of drug-likeness (QED) is 0.708. The Balaban J connectivity index is 1.98. The number of sulfonamides is 1. The molecule has 23 heavy (non-hydrogen) atoms. The Morgan fingerprint density at radius 3 is 2.65 bits per heavy atom. The highest BCUT2D eigenvalue weighted by atomic mass is 32.2. The fraction of sp³-hybridized carbons (Fsp3) is 0.0667. The molecule has 0 aliphatic heterocycles. The molecule has 0 amide bonds. The third-order valence-corrected chi connectivity index (χ3v) is 6.28. The van der Waals surface area contributed by atoms with Gasteiger partial charge in [0, 0.05) is 17.3 Å². The van der Waals surface area contributed by atoms with Crippen molar-refractivity contribution in [1.82, 2.24) is 4.98 Å². The first kappa shape index (κ1) is 15.4. The number of carbonyl (C=O) groups is 1. The van der Waals surface area contributed by atoms with Gasteiger partial charge in [0.15, 0.2) is 5.78 Å². The fourth-order valence-electron chi connectivity index (χ4n) is 2.11. The van der Waals surface area contributed by atoms with E-state index in [1.165, 1.54) is 31.3 Å². The zero-order valence-electron chi connectivity index (χ0n) is 12.0. The van der Waals surface area contributed by atoms with Gasteiger partial charge < -0.3 is 4.98 Å². The number of hydrogen-bond donors (Lipinski definition) is 2. The molecule has 0 aliphatic carbocycles. The summed E-state index contributed by atoms with van der Waals surface area (Å²) in [6.07, 6.45) is 1.53. The number of thiophene rings is 1. The second-order valence-electron chi connectivity index (χ2n) is 4.89. The molecule has 3 rings (SSSR count). The summed E-state index contributed by atoms with van der Waals surface area (Å²) in [5.74, 6) is -0.186. The van der Waals surface area contributed by atoms with E-state index in [1.54, 1.807) is 18.2 Å². The van der Waals surface area contributed by atoms with Crippen molar-refractivity contribution in [3.8, 4) is 0 Å². The lowest BCUT2D eigenvalue weighted by Crippen LogP contribution is -2.12. The Morgan fingerprint density at radius 1 is 1.17 bits per heavy atom. The van der Waals surface area contributed by atoms with Crippen molar-refractivity contribution in [2.75, 3.05) is 4.72 Å². The van der Waals surface area contributed by atoms with Crippen molar-refractivity contribution in [2.24, 2.45) is 0 Å². The molecule has 0 fully saturated rings. The maximum atomic E-state index is 12.4. The predicted molar refractivity (Wildman–Crippen MR) is 89.7 cm³/mol. The summed E-state index contributed by atoms with van der Waals surface area (Å²) < 4.78 is 27.2. The summed E-state index contributed by atoms with van der Waals surface area (Å²) in [7, 11) is -3.80. The van der Waals surface area contributed by atoms with Crippen molar-refractivity contribution in [3.63, 3.8) is 0 Å². The van der Waals surface area contributed by atoms with Gasteiger partial charge in [0.05, 0.1) is 4.88 Å². The lowest BCUT2D eigenvalue weighted by atomic mass is 10.1. The van der Waals surface area contributed by atoms with Crippen LogP contribution >= 0.6 is 11.3 Å². The molecule has 8 heteroatoms. The molecule has 6 nitrogen and oxygen atoms in total. The molecule has 0 atom stereocenters. The molecule has 0 saturated carbocycles. The predicted octanol–water partition coefficient (Wildman–Crippen LogP) is 2.59. The van der Waals surface area contributed by atoms with E-state index < -0.39 is 10.0 Å². The van der Waals surface area contributed by atoms with Gasteiger partial charge in [-0.25, -0.2) is 8.42 Å². The van der Waals surface area contributed by atoms with E-state index in [4.69, 9.17) is 0 Å². The topological polar surface area (TPSA) is 96.1 Å². The largest absolute Gasteiger partial charge is 0.329 e. The molecular formula is C15H12N2O4S2. The molecule has 3 aromatic rings. The highest BCUT2D eigenvalue weighted by molar-refractivity contribution is 7.94. The summed E-state index contributed by atoms with van der Waals surface area (Å²) in [6.45, 7) is 1.38. The van der Waals surface area contributed by atoms with Crippen LogP contribution in [0.3, 0.4) is 0 Å². The normalized spacial score (nSPS) is 11.5. The van der Waals surface area contributed by atoms with Crippen LogP contribution in [0.1, 0.15) is 16.6 Å². The Bertz CT molecular complexity index is 1060. The summed E-state index contributed by atoms with van der Waals surface area (Å²) in [6, 6.07) is 9.32. The molecule has 0 aliphatic rings. The number of aromatic amines is 1. The Hall–Kier alpha value is -2.45. The highest BCUT2D eigenvalue weighted by Crippen LogP contribution is 2.25. The maximum Gasteiger partial charge on any atom is 0.271 e. The van der Waals surface area contributed by atoms with E-state index in [0.717, 1.165) is 11.3 Å². The number of carbonyl (C=O) groups excluding carboxylic acids is 1.